The molecule has 2 aliphatic carbocycles. The quantitative estimate of drug-likeness (QED) is 0.696. The highest BCUT2D eigenvalue weighted by Gasteiger charge is 2.41. The van der Waals surface area contributed by atoms with E-state index < -0.39 is 5.92 Å². The van der Waals surface area contributed by atoms with E-state index in [2.05, 4.69) is 21.3 Å². The van der Waals surface area contributed by atoms with Crippen molar-refractivity contribution in [2.45, 2.75) is 66.9 Å². The van der Waals surface area contributed by atoms with E-state index in [1.807, 2.05) is 12.1 Å². The Labute approximate surface area is 195 Å². The molecular weight excluding hydrogens is 440 g/mol. The van der Waals surface area contributed by atoms with Crippen LogP contribution in [-0.4, -0.2) is 26.2 Å². The highest BCUT2D eigenvalue weighted by Crippen LogP contribution is 2.47. The van der Waals surface area contributed by atoms with Gasteiger partial charge in [0.2, 0.25) is 5.13 Å². The molecule has 3 heterocycles. The average Bonchev–Trinajstić information content (AvgIpc) is 3.27. The summed E-state index contributed by atoms with van der Waals surface area (Å²) >= 11 is 3.28. The SMILES string of the molecule is N#CC1=C(N)N(c2nnc(SC3CCCCC3)s2)C2=C(C(=O)CCC2)C1c1cccnc1. The number of pyridine rings is 1. The highest BCUT2D eigenvalue weighted by molar-refractivity contribution is 8.01. The molecule has 2 aromatic heterocycles. The van der Waals surface area contributed by atoms with E-state index in [9.17, 15) is 10.1 Å². The zero-order valence-corrected chi connectivity index (χ0v) is 19.3. The minimum Gasteiger partial charge on any atom is -0.384 e. The summed E-state index contributed by atoms with van der Waals surface area (Å²) in [4.78, 5) is 19.1. The topological polar surface area (TPSA) is 109 Å². The lowest BCUT2D eigenvalue weighted by molar-refractivity contribution is -0.116. The number of thioether (sulfide) groups is 1. The van der Waals surface area contributed by atoms with Crippen molar-refractivity contribution >= 4 is 34.0 Å². The minimum atomic E-state index is -0.489. The molecule has 7 nitrogen and oxygen atoms in total. The van der Waals surface area contributed by atoms with E-state index in [1.54, 1.807) is 29.1 Å². The first-order valence-corrected chi connectivity index (χ1v) is 12.7. The van der Waals surface area contributed by atoms with Gasteiger partial charge in [-0.1, -0.05) is 48.4 Å². The summed E-state index contributed by atoms with van der Waals surface area (Å²) in [6, 6.07) is 5.99. The van der Waals surface area contributed by atoms with E-state index in [4.69, 9.17) is 5.73 Å². The molecule has 3 aliphatic rings. The van der Waals surface area contributed by atoms with Crippen LogP contribution in [0, 0.1) is 11.3 Å². The molecule has 0 saturated heterocycles. The Balaban J connectivity index is 1.56. The van der Waals surface area contributed by atoms with Gasteiger partial charge in [0, 0.05) is 35.3 Å². The van der Waals surface area contributed by atoms with Crippen molar-refractivity contribution in [1.82, 2.24) is 15.2 Å². The van der Waals surface area contributed by atoms with Gasteiger partial charge in [-0.05, 0) is 37.3 Å². The van der Waals surface area contributed by atoms with Gasteiger partial charge in [0.1, 0.15) is 5.82 Å². The fourth-order valence-electron chi connectivity index (χ4n) is 4.85. The number of allylic oxidation sites excluding steroid dienone is 3. The molecular formula is C23H24N6OS2. The summed E-state index contributed by atoms with van der Waals surface area (Å²) < 4.78 is 0.914. The van der Waals surface area contributed by atoms with Gasteiger partial charge in [0.25, 0.3) is 0 Å². The van der Waals surface area contributed by atoms with Gasteiger partial charge in [0.15, 0.2) is 10.1 Å². The number of carbonyl (C=O) groups excluding carboxylic acids is 1. The zero-order valence-electron chi connectivity index (χ0n) is 17.7. The fourth-order valence-corrected chi connectivity index (χ4v) is 7.24. The summed E-state index contributed by atoms with van der Waals surface area (Å²) in [5.41, 5.74) is 9.25. The first-order chi connectivity index (χ1) is 15.7. The number of rotatable bonds is 4. The molecule has 164 valence electrons. The van der Waals surface area contributed by atoms with Gasteiger partial charge in [-0.3, -0.25) is 14.7 Å². The van der Waals surface area contributed by atoms with Gasteiger partial charge in [-0.2, -0.15) is 5.26 Å². The molecule has 2 N–H and O–H groups in total. The van der Waals surface area contributed by atoms with Crippen LogP contribution in [0.3, 0.4) is 0 Å². The van der Waals surface area contributed by atoms with Gasteiger partial charge in [-0.15, -0.1) is 10.2 Å². The van der Waals surface area contributed by atoms with Crippen LogP contribution in [0.15, 0.2) is 51.5 Å². The fraction of sp³-hybridized carbons (Fsp3) is 0.435. The standard InChI is InChI=1S/C23H24N6OS2/c24-12-16-19(14-6-5-11-26-13-14)20-17(9-4-10-18(20)30)29(21(16)25)22-27-28-23(32-22)31-15-7-2-1-3-8-15/h5-6,11,13,15,19H,1-4,7-10,25H2. The van der Waals surface area contributed by atoms with E-state index in [-0.39, 0.29) is 5.78 Å². The molecule has 1 unspecified atom stereocenters. The minimum absolute atomic E-state index is 0.0617. The van der Waals surface area contributed by atoms with E-state index in [0.29, 0.717) is 40.2 Å². The number of aromatic nitrogens is 3. The third-order valence-corrected chi connectivity index (χ3v) is 8.67. The number of carbonyl (C=O) groups is 1. The second-order valence-corrected chi connectivity index (χ2v) is 10.8. The molecule has 32 heavy (non-hydrogen) atoms. The van der Waals surface area contributed by atoms with E-state index in [1.165, 1.54) is 43.4 Å². The van der Waals surface area contributed by atoms with Crippen molar-refractivity contribution in [2.75, 3.05) is 4.90 Å². The number of hydrogen-bond acceptors (Lipinski definition) is 9. The molecule has 9 heteroatoms. The lowest BCUT2D eigenvalue weighted by Crippen LogP contribution is -2.38. The van der Waals surface area contributed by atoms with Crippen LogP contribution in [-0.2, 0) is 4.79 Å². The zero-order chi connectivity index (χ0) is 22.1. The van der Waals surface area contributed by atoms with Crippen LogP contribution >= 0.6 is 23.1 Å². The van der Waals surface area contributed by atoms with Crippen LogP contribution in [0.1, 0.15) is 62.8 Å². The van der Waals surface area contributed by atoms with Gasteiger partial charge in [-0.25, -0.2) is 0 Å². The molecule has 0 bridgehead atoms. The molecule has 1 saturated carbocycles. The number of Topliss-reactive ketones (excluding diaryl/α,β-unsaturated/α-hetero) is 1. The first-order valence-electron chi connectivity index (χ1n) is 11.0. The smallest absolute Gasteiger partial charge is 0.219 e. The molecule has 1 atom stereocenters. The third-order valence-electron chi connectivity index (χ3n) is 6.34. The number of nitriles is 1. The maximum atomic E-state index is 13.1. The Hall–Kier alpha value is -2.70. The molecule has 5 rings (SSSR count). The number of hydrogen-bond donors (Lipinski definition) is 1. The summed E-state index contributed by atoms with van der Waals surface area (Å²) in [6.07, 6.45) is 11.6. The van der Waals surface area contributed by atoms with E-state index in [0.717, 1.165) is 22.0 Å². The Morgan fingerprint density at radius 2 is 2.03 bits per heavy atom. The molecule has 2 aromatic rings. The monoisotopic (exact) mass is 464 g/mol. The number of anilines is 1. The van der Waals surface area contributed by atoms with Crippen molar-refractivity contribution < 1.29 is 4.79 Å². The van der Waals surface area contributed by atoms with Gasteiger partial charge >= 0.3 is 0 Å². The second-order valence-electron chi connectivity index (χ2n) is 8.33. The normalized spacial score (nSPS) is 22.2. The Morgan fingerprint density at radius 3 is 2.78 bits per heavy atom. The Morgan fingerprint density at radius 1 is 1.19 bits per heavy atom. The number of nitrogens with zero attached hydrogens (tertiary/aromatic N) is 5. The van der Waals surface area contributed by atoms with E-state index >= 15 is 0 Å². The Kier molecular flexibility index (Phi) is 5.98. The number of nitrogens with two attached hydrogens (primary N) is 1. The van der Waals surface area contributed by atoms with Gasteiger partial charge < -0.3 is 5.73 Å². The van der Waals surface area contributed by atoms with Crippen molar-refractivity contribution in [3.8, 4) is 6.07 Å². The molecule has 0 amide bonds. The summed E-state index contributed by atoms with van der Waals surface area (Å²) in [5, 5.41) is 20.1. The van der Waals surface area contributed by atoms with Crippen LogP contribution in [0.5, 0.6) is 0 Å². The van der Waals surface area contributed by atoms with Crippen LogP contribution in [0.2, 0.25) is 0 Å². The van der Waals surface area contributed by atoms with Crippen LogP contribution < -0.4 is 10.6 Å². The Bertz CT molecular complexity index is 1130. The predicted octanol–water partition coefficient (Wildman–Crippen LogP) is 4.66. The lowest BCUT2D eigenvalue weighted by atomic mass is 9.76. The summed E-state index contributed by atoms with van der Waals surface area (Å²) in [6.45, 7) is 0. The molecule has 0 spiro atoms. The molecule has 1 aliphatic heterocycles. The van der Waals surface area contributed by atoms with Gasteiger partial charge in [0.05, 0.1) is 17.6 Å². The van der Waals surface area contributed by atoms with Crippen molar-refractivity contribution in [3.63, 3.8) is 0 Å². The summed E-state index contributed by atoms with van der Waals surface area (Å²) in [7, 11) is 0. The second kappa shape index (κ2) is 9.04. The summed E-state index contributed by atoms with van der Waals surface area (Å²) in [5.74, 6) is -0.0939. The largest absolute Gasteiger partial charge is 0.384 e. The molecule has 0 aromatic carbocycles. The first kappa shape index (κ1) is 21.2. The highest BCUT2D eigenvalue weighted by atomic mass is 32.2. The third kappa shape index (κ3) is 3.82. The predicted molar refractivity (Wildman–Crippen MR) is 125 cm³/mol. The lowest BCUT2D eigenvalue weighted by Gasteiger charge is -2.37. The number of ketones is 1. The van der Waals surface area contributed by atoms with Crippen molar-refractivity contribution in [2.24, 2.45) is 5.73 Å². The maximum Gasteiger partial charge on any atom is 0.219 e. The van der Waals surface area contributed by atoms with Crippen LogP contribution in [0.25, 0.3) is 0 Å². The maximum absolute atomic E-state index is 13.1. The molecule has 1 fully saturated rings. The average molecular weight is 465 g/mol. The van der Waals surface area contributed by atoms with Crippen LogP contribution in [0.4, 0.5) is 5.13 Å². The van der Waals surface area contributed by atoms with Crippen molar-refractivity contribution in [1.29, 1.82) is 5.26 Å². The van der Waals surface area contributed by atoms with Crippen molar-refractivity contribution in [3.05, 3.63) is 52.8 Å². The molecule has 0 radical (unpaired) electrons.